The maximum Gasteiger partial charge on any atom is 0.337 e. The molecule has 72 valence electrons. The highest BCUT2D eigenvalue weighted by Crippen LogP contribution is 2.12. The molecule has 0 aliphatic carbocycles. The summed E-state index contributed by atoms with van der Waals surface area (Å²) >= 11 is 0. The Morgan fingerprint density at radius 2 is 2.29 bits per heavy atom. The van der Waals surface area contributed by atoms with E-state index in [1.807, 2.05) is 24.0 Å². The number of H-pyrrole nitrogens is 1. The molecule has 0 amide bonds. The van der Waals surface area contributed by atoms with Crippen molar-refractivity contribution in [3.63, 3.8) is 0 Å². The molecule has 0 aliphatic rings. The molecule has 0 radical (unpaired) electrons. The second-order valence-corrected chi connectivity index (χ2v) is 3.15. The van der Waals surface area contributed by atoms with Crippen LogP contribution < -0.4 is 4.68 Å². The zero-order valence-corrected chi connectivity index (χ0v) is 8.07. The van der Waals surface area contributed by atoms with Gasteiger partial charge in [0.1, 0.15) is 5.52 Å². The van der Waals surface area contributed by atoms with Crippen molar-refractivity contribution in [3.05, 3.63) is 30.0 Å². The van der Waals surface area contributed by atoms with Crippen molar-refractivity contribution in [1.29, 1.82) is 0 Å². The van der Waals surface area contributed by atoms with Crippen LogP contribution in [-0.2, 0) is 11.8 Å². The predicted molar refractivity (Wildman–Crippen MR) is 50.8 cm³/mol. The van der Waals surface area contributed by atoms with Gasteiger partial charge in [-0.3, -0.25) is 0 Å². The number of hydrogen-bond donors (Lipinski definition) is 1. The van der Waals surface area contributed by atoms with Gasteiger partial charge in [0.05, 0.1) is 18.1 Å². The summed E-state index contributed by atoms with van der Waals surface area (Å²) in [4.78, 5) is 11.2. The van der Waals surface area contributed by atoms with Gasteiger partial charge in [0.2, 0.25) is 6.20 Å². The number of esters is 1. The third-order valence-corrected chi connectivity index (χ3v) is 2.10. The average molecular weight is 191 g/mol. The third kappa shape index (κ3) is 1.35. The monoisotopic (exact) mass is 191 g/mol. The van der Waals surface area contributed by atoms with Crippen LogP contribution in [0.5, 0.6) is 0 Å². The first-order valence-corrected chi connectivity index (χ1v) is 4.27. The van der Waals surface area contributed by atoms with E-state index in [9.17, 15) is 4.79 Å². The van der Waals surface area contributed by atoms with Crippen LogP contribution in [0.1, 0.15) is 10.4 Å². The van der Waals surface area contributed by atoms with Gasteiger partial charge in [-0.1, -0.05) is 0 Å². The molecule has 2 aromatic rings. The number of benzene rings is 1. The van der Waals surface area contributed by atoms with E-state index in [4.69, 9.17) is 0 Å². The molecule has 0 saturated heterocycles. The Hall–Kier alpha value is -1.84. The number of nitrogens with one attached hydrogen (secondary N) is 1. The summed E-state index contributed by atoms with van der Waals surface area (Å²) in [6.07, 6.45) is 1.95. The molecule has 14 heavy (non-hydrogen) atoms. The number of carbonyl (C=O) groups excluding carboxylic acids is 1. The number of nitrogens with zero attached hydrogens (tertiary/aromatic N) is 1. The van der Waals surface area contributed by atoms with Gasteiger partial charge >= 0.3 is 5.97 Å². The lowest BCUT2D eigenvalue weighted by atomic mass is 10.2. The van der Waals surface area contributed by atoms with Crippen molar-refractivity contribution >= 4 is 16.9 Å². The number of fused-ring (bicyclic) bond motifs is 1. The molecular formula is C10H11N2O2+. The summed E-state index contributed by atoms with van der Waals surface area (Å²) in [6, 6.07) is 5.42. The van der Waals surface area contributed by atoms with Crippen molar-refractivity contribution < 1.29 is 14.2 Å². The van der Waals surface area contributed by atoms with E-state index < -0.39 is 0 Å². The lowest BCUT2D eigenvalue weighted by Crippen LogP contribution is -2.27. The second-order valence-electron chi connectivity index (χ2n) is 3.15. The van der Waals surface area contributed by atoms with Crippen molar-refractivity contribution in [3.8, 4) is 0 Å². The summed E-state index contributed by atoms with van der Waals surface area (Å²) in [5, 5.41) is 4.16. The number of carbonyl (C=O) groups is 1. The number of aromatic amines is 1. The molecule has 2 rings (SSSR count). The van der Waals surface area contributed by atoms with Crippen molar-refractivity contribution in [1.82, 2.24) is 5.10 Å². The van der Waals surface area contributed by atoms with E-state index in [2.05, 4.69) is 9.84 Å². The summed E-state index contributed by atoms with van der Waals surface area (Å²) < 4.78 is 6.47. The molecule has 4 heteroatoms. The Morgan fingerprint density at radius 3 is 3.00 bits per heavy atom. The van der Waals surface area contributed by atoms with Crippen LogP contribution in [-0.4, -0.2) is 18.2 Å². The first-order chi connectivity index (χ1) is 6.70. The molecule has 0 spiro atoms. The normalized spacial score (nSPS) is 10.4. The van der Waals surface area contributed by atoms with Crippen LogP contribution in [0.25, 0.3) is 10.9 Å². The van der Waals surface area contributed by atoms with Gasteiger partial charge in [-0.05, 0) is 18.2 Å². The van der Waals surface area contributed by atoms with Crippen LogP contribution in [0.3, 0.4) is 0 Å². The van der Waals surface area contributed by atoms with Crippen LogP contribution in [0.4, 0.5) is 0 Å². The molecule has 0 unspecified atom stereocenters. The van der Waals surface area contributed by atoms with Crippen LogP contribution >= 0.6 is 0 Å². The highest BCUT2D eigenvalue weighted by atomic mass is 16.5. The van der Waals surface area contributed by atoms with Gasteiger partial charge in [0, 0.05) is 0 Å². The predicted octanol–water partition coefficient (Wildman–Crippen LogP) is 0.779. The van der Waals surface area contributed by atoms with Crippen LogP contribution in [0, 0.1) is 0 Å². The fourth-order valence-electron chi connectivity index (χ4n) is 1.44. The summed E-state index contributed by atoms with van der Waals surface area (Å²) in [7, 11) is 3.28. The minimum atomic E-state index is -0.316. The maximum absolute atomic E-state index is 11.2. The maximum atomic E-state index is 11.2. The Balaban J connectivity index is 2.55. The molecule has 0 aliphatic heterocycles. The number of rotatable bonds is 1. The third-order valence-electron chi connectivity index (χ3n) is 2.10. The summed E-state index contributed by atoms with van der Waals surface area (Å²) in [5.74, 6) is -0.316. The van der Waals surface area contributed by atoms with E-state index in [1.165, 1.54) is 7.11 Å². The second kappa shape index (κ2) is 3.14. The SMILES string of the molecule is COC(=O)c1ccc2c[n+](C)[nH]c2c1. The molecule has 4 nitrogen and oxygen atoms in total. The first kappa shape index (κ1) is 8.74. The molecule has 1 N–H and O–H groups in total. The minimum absolute atomic E-state index is 0.316. The molecule has 0 fully saturated rings. The Morgan fingerprint density at radius 1 is 1.50 bits per heavy atom. The van der Waals surface area contributed by atoms with Crippen molar-refractivity contribution in [2.24, 2.45) is 7.05 Å². The zero-order valence-electron chi connectivity index (χ0n) is 8.07. The number of hydrogen-bond acceptors (Lipinski definition) is 2. The van der Waals surface area contributed by atoms with Gasteiger partial charge in [-0.15, -0.1) is 4.68 Å². The highest BCUT2D eigenvalue weighted by molar-refractivity contribution is 5.93. The minimum Gasteiger partial charge on any atom is -0.465 e. The molecule has 0 bridgehead atoms. The first-order valence-electron chi connectivity index (χ1n) is 4.27. The quantitative estimate of drug-likeness (QED) is 0.534. The molecule has 1 aromatic heterocycles. The number of aromatic nitrogens is 2. The fourth-order valence-corrected chi connectivity index (χ4v) is 1.44. The van der Waals surface area contributed by atoms with Gasteiger partial charge in [0.15, 0.2) is 7.05 Å². The lowest BCUT2D eigenvalue weighted by Gasteiger charge is -1.96. The average Bonchev–Trinajstić information content (AvgIpc) is 2.55. The van der Waals surface area contributed by atoms with Gasteiger partial charge in [0.25, 0.3) is 0 Å². The van der Waals surface area contributed by atoms with Crippen molar-refractivity contribution in [2.75, 3.05) is 7.11 Å². The van der Waals surface area contributed by atoms with E-state index >= 15 is 0 Å². The highest BCUT2D eigenvalue weighted by Gasteiger charge is 2.09. The Kier molecular flexibility index (Phi) is 1.96. The number of aryl methyl sites for hydroxylation is 1. The topological polar surface area (TPSA) is 46.0 Å². The Labute approximate surface area is 81.1 Å². The van der Waals surface area contributed by atoms with E-state index in [0.29, 0.717) is 5.56 Å². The summed E-state index contributed by atoms with van der Waals surface area (Å²) in [5.41, 5.74) is 1.48. The standard InChI is InChI=1S/C10H10N2O2/c1-12-6-8-4-3-7(10(13)14-2)5-9(8)11-12/h3-6H,1-2H3/p+1. The number of methoxy groups -OCH3 is 1. The number of ether oxygens (including phenoxy) is 1. The molecule has 0 atom stereocenters. The van der Waals surface area contributed by atoms with Gasteiger partial charge < -0.3 is 4.74 Å². The van der Waals surface area contributed by atoms with E-state index in [1.54, 1.807) is 12.1 Å². The fraction of sp³-hybridized carbons (Fsp3) is 0.200. The largest absolute Gasteiger partial charge is 0.465 e. The molecule has 1 heterocycles. The van der Waals surface area contributed by atoms with Crippen LogP contribution in [0.2, 0.25) is 0 Å². The molecule has 0 saturated carbocycles. The van der Waals surface area contributed by atoms with Gasteiger partial charge in [-0.25, -0.2) is 4.79 Å². The lowest BCUT2D eigenvalue weighted by molar-refractivity contribution is -0.724. The summed E-state index contributed by atoms with van der Waals surface area (Å²) in [6.45, 7) is 0. The van der Waals surface area contributed by atoms with E-state index in [0.717, 1.165) is 10.9 Å². The Bertz CT molecular complexity index is 488. The smallest absolute Gasteiger partial charge is 0.337 e. The van der Waals surface area contributed by atoms with Gasteiger partial charge in [-0.2, -0.15) is 5.10 Å². The van der Waals surface area contributed by atoms with Crippen LogP contribution in [0.15, 0.2) is 24.4 Å². The molecule has 1 aromatic carbocycles. The zero-order chi connectivity index (χ0) is 10.1. The van der Waals surface area contributed by atoms with E-state index in [-0.39, 0.29) is 5.97 Å². The van der Waals surface area contributed by atoms with Crippen molar-refractivity contribution in [2.45, 2.75) is 0 Å². The molecular weight excluding hydrogens is 180 g/mol.